The second kappa shape index (κ2) is 6.77. The molecule has 0 bridgehead atoms. The number of hydrogen-bond donors (Lipinski definition) is 2. The highest BCUT2D eigenvalue weighted by Gasteiger charge is 2.39. The molecule has 2 N–H and O–H groups in total. The van der Waals surface area contributed by atoms with Gasteiger partial charge >= 0.3 is 0 Å². The van der Waals surface area contributed by atoms with E-state index in [9.17, 15) is 13.5 Å². The van der Waals surface area contributed by atoms with Gasteiger partial charge in [-0.05, 0) is 30.9 Å². The Hall–Kier alpha value is -1.11. The number of para-hydroxylation sites is 1. The van der Waals surface area contributed by atoms with Gasteiger partial charge in [0.25, 0.3) is 0 Å². The number of rotatable bonds is 6. The van der Waals surface area contributed by atoms with Gasteiger partial charge in [0.2, 0.25) is 10.0 Å². The summed E-state index contributed by atoms with van der Waals surface area (Å²) in [5, 5.41) is 12.7. The van der Waals surface area contributed by atoms with Gasteiger partial charge in [0.1, 0.15) is 4.90 Å². The van der Waals surface area contributed by atoms with E-state index in [0.717, 1.165) is 19.4 Å². The van der Waals surface area contributed by atoms with Crippen molar-refractivity contribution in [3.05, 3.63) is 24.3 Å². The summed E-state index contributed by atoms with van der Waals surface area (Å²) in [6, 6.07) is 6.65. The van der Waals surface area contributed by atoms with Crippen LogP contribution in [0.15, 0.2) is 29.2 Å². The molecular formula is C15H24N2O3S. The predicted molar refractivity (Wildman–Crippen MR) is 83.8 cm³/mol. The van der Waals surface area contributed by atoms with Gasteiger partial charge in [-0.1, -0.05) is 26.0 Å². The third kappa shape index (κ3) is 3.22. The van der Waals surface area contributed by atoms with Crippen molar-refractivity contribution in [3.63, 3.8) is 0 Å². The van der Waals surface area contributed by atoms with Gasteiger partial charge < -0.3 is 10.4 Å². The molecule has 1 aliphatic rings. The van der Waals surface area contributed by atoms with Gasteiger partial charge in [0.05, 0.1) is 18.3 Å². The lowest BCUT2D eigenvalue weighted by Crippen LogP contribution is -2.40. The van der Waals surface area contributed by atoms with Crippen LogP contribution in [0.3, 0.4) is 0 Å². The van der Waals surface area contributed by atoms with Crippen molar-refractivity contribution in [3.8, 4) is 0 Å². The van der Waals surface area contributed by atoms with Crippen LogP contribution in [0.1, 0.15) is 26.7 Å². The van der Waals surface area contributed by atoms with Gasteiger partial charge in [-0.25, -0.2) is 8.42 Å². The molecule has 6 heteroatoms. The van der Waals surface area contributed by atoms with Crippen LogP contribution in [-0.4, -0.2) is 43.6 Å². The lowest BCUT2D eigenvalue weighted by molar-refractivity contribution is 0.191. The summed E-state index contributed by atoms with van der Waals surface area (Å²) in [5.41, 5.74) is 0.635. The van der Waals surface area contributed by atoms with E-state index in [1.165, 1.54) is 4.31 Å². The van der Waals surface area contributed by atoms with Crippen molar-refractivity contribution in [1.82, 2.24) is 4.31 Å². The molecule has 1 aromatic carbocycles. The summed E-state index contributed by atoms with van der Waals surface area (Å²) in [4.78, 5) is 0.297. The standard InChI is InChI=1S/C15H24N2O3S/c1-3-9-16-13-6-4-5-7-15(13)21(19,20)17-10-8-12(2)14(17)11-18/h4-7,12,14,16,18H,3,8-11H2,1-2H3. The SMILES string of the molecule is CCCNc1ccccc1S(=O)(=O)N1CCC(C)C1CO. The first-order chi connectivity index (χ1) is 10.0. The second-order valence-corrected chi connectivity index (χ2v) is 7.41. The summed E-state index contributed by atoms with van der Waals surface area (Å²) in [6.45, 7) is 5.08. The highest BCUT2D eigenvalue weighted by Crippen LogP contribution is 2.32. The van der Waals surface area contributed by atoms with Crippen LogP contribution in [0.5, 0.6) is 0 Å². The third-order valence-electron chi connectivity index (χ3n) is 4.06. The quantitative estimate of drug-likeness (QED) is 0.842. The second-order valence-electron chi connectivity index (χ2n) is 5.55. The van der Waals surface area contributed by atoms with Gasteiger partial charge in [0, 0.05) is 13.1 Å². The zero-order chi connectivity index (χ0) is 15.5. The molecule has 0 spiro atoms. The Bertz CT molecular complexity index is 574. The minimum absolute atomic E-state index is 0.134. The monoisotopic (exact) mass is 312 g/mol. The minimum Gasteiger partial charge on any atom is -0.395 e. The number of hydrogen-bond acceptors (Lipinski definition) is 4. The number of aliphatic hydroxyl groups is 1. The molecule has 0 saturated carbocycles. The molecule has 1 aliphatic heterocycles. The largest absolute Gasteiger partial charge is 0.395 e. The summed E-state index contributed by atoms with van der Waals surface area (Å²) in [5.74, 6) is 0.181. The molecular weight excluding hydrogens is 288 g/mol. The molecule has 1 aromatic rings. The molecule has 0 amide bonds. The van der Waals surface area contributed by atoms with Crippen LogP contribution >= 0.6 is 0 Å². The fraction of sp³-hybridized carbons (Fsp3) is 0.600. The molecule has 2 atom stereocenters. The third-order valence-corrected chi connectivity index (χ3v) is 6.04. The first-order valence-corrected chi connectivity index (χ1v) is 8.92. The lowest BCUT2D eigenvalue weighted by atomic mass is 10.0. The van der Waals surface area contributed by atoms with Crippen molar-refractivity contribution in [2.45, 2.75) is 37.6 Å². The van der Waals surface area contributed by atoms with Crippen LogP contribution in [0.2, 0.25) is 0 Å². The van der Waals surface area contributed by atoms with Crippen molar-refractivity contribution in [2.75, 3.05) is 25.0 Å². The van der Waals surface area contributed by atoms with Crippen LogP contribution in [-0.2, 0) is 10.0 Å². The van der Waals surface area contributed by atoms with E-state index in [4.69, 9.17) is 0 Å². The Morgan fingerprint density at radius 1 is 1.38 bits per heavy atom. The average Bonchev–Trinajstić information content (AvgIpc) is 2.87. The number of benzene rings is 1. The number of sulfonamides is 1. The van der Waals surface area contributed by atoms with E-state index in [0.29, 0.717) is 17.1 Å². The van der Waals surface area contributed by atoms with Crippen LogP contribution in [0, 0.1) is 5.92 Å². The van der Waals surface area contributed by atoms with Gasteiger partial charge in [-0.3, -0.25) is 0 Å². The van der Waals surface area contributed by atoms with Gasteiger partial charge in [-0.15, -0.1) is 0 Å². The Kier molecular flexibility index (Phi) is 5.24. The topological polar surface area (TPSA) is 69.6 Å². The molecule has 0 aromatic heterocycles. The fourth-order valence-corrected chi connectivity index (χ4v) is 4.66. The zero-order valence-electron chi connectivity index (χ0n) is 12.6. The highest BCUT2D eigenvalue weighted by atomic mass is 32.2. The summed E-state index contributed by atoms with van der Waals surface area (Å²) >= 11 is 0. The molecule has 2 rings (SSSR count). The number of nitrogens with zero attached hydrogens (tertiary/aromatic N) is 1. The molecule has 5 nitrogen and oxygen atoms in total. The molecule has 2 unspecified atom stereocenters. The van der Waals surface area contributed by atoms with Crippen molar-refractivity contribution in [2.24, 2.45) is 5.92 Å². The van der Waals surface area contributed by atoms with Crippen LogP contribution < -0.4 is 5.32 Å². The average molecular weight is 312 g/mol. The van der Waals surface area contributed by atoms with E-state index in [-0.39, 0.29) is 18.6 Å². The zero-order valence-corrected chi connectivity index (χ0v) is 13.4. The minimum atomic E-state index is -3.58. The maximum Gasteiger partial charge on any atom is 0.245 e. The highest BCUT2D eigenvalue weighted by molar-refractivity contribution is 7.89. The molecule has 0 aliphatic carbocycles. The van der Waals surface area contributed by atoms with E-state index in [1.807, 2.05) is 19.9 Å². The first-order valence-electron chi connectivity index (χ1n) is 7.48. The Morgan fingerprint density at radius 3 is 2.76 bits per heavy atom. The van der Waals surface area contributed by atoms with Crippen LogP contribution in [0.25, 0.3) is 0 Å². The smallest absolute Gasteiger partial charge is 0.245 e. The van der Waals surface area contributed by atoms with Gasteiger partial charge in [-0.2, -0.15) is 4.31 Å². The molecule has 1 fully saturated rings. The van der Waals surface area contributed by atoms with E-state index >= 15 is 0 Å². The molecule has 0 radical (unpaired) electrons. The summed E-state index contributed by atoms with van der Waals surface area (Å²) in [7, 11) is -3.58. The van der Waals surface area contributed by atoms with Crippen molar-refractivity contribution in [1.29, 1.82) is 0 Å². The molecule has 1 heterocycles. The summed E-state index contributed by atoms with van der Waals surface area (Å²) < 4.78 is 27.3. The number of aliphatic hydroxyl groups excluding tert-OH is 1. The Balaban J connectivity index is 2.36. The van der Waals surface area contributed by atoms with E-state index < -0.39 is 10.0 Å². The van der Waals surface area contributed by atoms with Gasteiger partial charge in [0.15, 0.2) is 0 Å². The Labute approximate surface area is 127 Å². The van der Waals surface area contributed by atoms with Crippen LogP contribution in [0.4, 0.5) is 5.69 Å². The Morgan fingerprint density at radius 2 is 2.10 bits per heavy atom. The normalized spacial score (nSPS) is 23.4. The number of nitrogens with one attached hydrogen (secondary N) is 1. The van der Waals surface area contributed by atoms with E-state index in [2.05, 4.69) is 5.32 Å². The number of anilines is 1. The molecule has 1 saturated heterocycles. The molecule has 21 heavy (non-hydrogen) atoms. The van der Waals surface area contributed by atoms with Crippen molar-refractivity contribution >= 4 is 15.7 Å². The molecule has 118 valence electrons. The van der Waals surface area contributed by atoms with E-state index in [1.54, 1.807) is 18.2 Å². The first kappa shape index (κ1) is 16.3. The van der Waals surface area contributed by atoms with Crippen molar-refractivity contribution < 1.29 is 13.5 Å². The predicted octanol–water partition coefficient (Wildman–Crippen LogP) is 1.90. The maximum absolute atomic E-state index is 12.9. The maximum atomic E-state index is 12.9. The summed E-state index contributed by atoms with van der Waals surface area (Å²) in [6.07, 6.45) is 1.71. The fourth-order valence-electron chi connectivity index (χ4n) is 2.77. The lowest BCUT2D eigenvalue weighted by Gasteiger charge is -2.25.